The van der Waals surface area contributed by atoms with Crippen LogP contribution in [0.1, 0.15) is 27.7 Å². The van der Waals surface area contributed by atoms with Crippen LogP contribution in [0.25, 0.3) is 0 Å². The van der Waals surface area contributed by atoms with Gasteiger partial charge in [0.05, 0.1) is 0 Å². The molecule has 0 saturated heterocycles. The van der Waals surface area contributed by atoms with Crippen molar-refractivity contribution in [3.05, 3.63) is 11.6 Å². The van der Waals surface area contributed by atoms with Crippen molar-refractivity contribution in [2.75, 3.05) is 0 Å². The molecule has 0 aliphatic heterocycles. The molecule has 5 heteroatoms. The largest absolute Gasteiger partial charge is 0 e. The summed E-state index contributed by atoms with van der Waals surface area (Å²) in [6.45, 7) is 8.47. The van der Waals surface area contributed by atoms with Gasteiger partial charge in [0.25, 0.3) is 0 Å². The Morgan fingerprint density at radius 1 is 1.14 bits per heavy atom. The first kappa shape index (κ1) is 30.6. The zero-order valence-electron chi connectivity index (χ0n) is 8.96. The van der Waals surface area contributed by atoms with Gasteiger partial charge in [-0.1, -0.05) is 0 Å². The fraction of sp³-hybridized carbons (Fsp3) is 0.556. The normalized spacial score (nSPS) is 9.00. The summed E-state index contributed by atoms with van der Waals surface area (Å²) >= 11 is 2.46. The second-order valence-electron chi connectivity index (χ2n) is 2.98. The molecule has 0 rings (SSSR count). The van der Waals surface area contributed by atoms with E-state index in [0.29, 0.717) is 0 Å². The van der Waals surface area contributed by atoms with Crippen LogP contribution >= 0.6 is 0 Å². The Bertz CT molecular complexity index is 151. The average molecular weight is 851 g/mol. The Hall–Kier alpha value is 3.75. The van der Waals surface area contributed by atoms with Gasteiger partial charge in [0.1, 0.15) is 0 Å². The summed E-state index contributed by atoms with van der Waals surface area (Å²) in [4.78, 5) is 4.58. The van der Waals surface area contributed by atoms with E-state index in [1.807, 2.05) is 6.92 Å². The van der Waals surface area contributed by atoms with Crippen molar-refractivity contribution in [2.24, 2.45) is 5.41 Å². The van der Waals surface area contributed by atoms with Gasteiger partial charge in [-0.15, -0.1) is 0 Å². The van der Waals surface area contributed by atoms with Gasteiger partial charge < -0.3 is 0 Å². The van der Waals surface area contributed by atoms with Crippen molar-refractivity contribution in [1.29, 1.82) is 0 Å². The third-order valence-corrected chi connectivity index (χ3v) is 1.84. The van der Waals surface area contributed by atoms with E-state index < -0.39 is 0 Å². The molecule has 0 saturated carbocycles. The van der Waals surface area contributed by atoms with Crippen LogP contribution in [0, 0.1) is 11.5 Å². The first-order valence-electron chi connectivity index (χ1n) is 3.19. The molecule has 0 unspecified atom stereocenters. The molecule has 2 radical (unpaired) electrons. The van der Waals surface area contributed by atoms with E-state index in [9.17, 15) is 0 Å². The number of hydrogen-bond acceptors (Lipinski definition) is 0. The minimum Gasteiger partial charge on any atom is 0 e. The molecular weight excluding hydrogens is 837 g/mol. The fourth-order valence-electron chi connectivity index (χ4n) is 0.579. The molecule has 0 fully saturated rings. The van der Waals surface area contributed by atoms with Crippen LogP contribution in [0.4, 0.5) is 0 Å². The smallest absolute Gasteiger partial charge is 0 e. The van der Waals surface area contributed by atoms with Crippen LogP contribution in [0.5, 0.6) is 0 Å². The Labute approximate surface area is 175 Å². The van der Waals surface area contributed by atoms with Crippen molar-refractivity contribution in [2.45, 2.75) is 27.7 Å². The summed E-state index contributed by atoms with van der Waals surface area (Å²) in [6.07, 6.45) is 3.12. The molecular formula is C9H13W3Y2-3. The summed E-state index contributed by atoms with van der Waals surface area (Å²) in [7, 11) is 0. The Balaban J connectivity index is -0.0000000505. The van der Waals surface area contributed by atoms with E-state index in [2.05, 4.69) is 36.2 Å². The molecule has 76 valence electrons. The van der Waals surface area contributed by atoms with Crippen LogP contribution in [-0.2, 0) is 125 Å². The summed E-state index contributed by atoms with van der Waals surface area (Å²) in [5, 5.41) is 0. The molecule has 0 aliphatic carbocycles. The van der Waals surface area contributed by atoms with Crippen LogP contribution in [-0.4, -0.2) is 9.30 Å². The molecule has 0 atom stereocenters. The van der Waals surface area contributed by atoms with Gasteiger partial charge in [-0.3, -0.25) is 0 Å². The van der Waals surface area contributed by atoms with Crippen LogP contribution in [0.3, 0.4) is 0 Å². The second-order valence-corrected chi connectivity index (χ2v) is 3.71. The van der Waals surface area contributed by atoms with Crippen molar-refractivity contribution >= 4 is 9.30 Å². The number of allylic oxidation sites excluding steroid dienone is 2. The Morgan fingerprint density at radius 3 is 1.43 bits per heavy atom. The van der Waals surface area contributed by atoms with E-state index in [0.717, 1.165) is 19.4 Å². The zero-order valence-corrected chi connectivity index (χ0v) is 23.4. The molecule has 0 aromatic carbocycles. The van der Waals surface area contributed by atoms with E-state index >= 15 is 0 Å². The SMILES string of the molecule is C[C-]=C([C-]=[W])C(C)(C)C.[CH-]=[W].[W].[Y].[Y]. The maximum atomic E-state index is 4.58. The molecule has 0 aromatic heterocycles. The molecule has 0 aliphatic rings. The summed E-state index contributed by atoms with van der Waals surface area (Å²) in [5.41, 5.74) is 1.44. The van der Waals surface area contributed by atoms with Crippen molar-refractivity contribution < 1.29 is 125 Å². The van der Waals surface area contributed by atoms with Crippen molar-refractivity contribution in [3.63, 3.8) is 0 Å². The maximum Gasteiger partial charge on any atom is 0 e. The van der Waals surface area contributed by atoms with E-state index in [1.165, 1.54) is 24.9 Å². The molecule has 0 nitrogen and oxygen atoms in total. The predicted molar refractivity (Wildman–Crippen MR) is 43.0 cm³/mol. The Morgan fingerprint density at radius 2 is 1.43 bits per heavy atom. The first-order chi connectivity index (χ1) is 5.02. The van der Waals surface area contributed by atoms with Crippen LogP contribution in [0.2, 0.25) is 0 Å². The van der Waals surface area contributed by atoms with Gasteiger partial charge in [-0.2, -0.15) is 0 Å². The van der Waals surface area contributed by atoms with Gasteiger partial charge in [-0.05, 0) is 0 Å². The molecule has 0 amide bonds. The zero-order chi connectivity index (χ0) is 9.49. The van der Waals surface area contributed by atoms with Gasteiger partial charge in [-0.25, -0.2) is 0 Å². The standard InChI is InChI=1S/C8H12.CH.3W.2Y/c1-6-7(2)8(3,4)5;;;;;;/h1,3-5H3;1H;;;;;/q-2;-1;;;;;. The fourth-order valence-corrected chi connectivity index (χ4v) is 2.05. The molecule has 0 aromatic rings. The molecule has 0 N–H and O–H groups in total. The van der Waals surface area contributed by atoms with E-state index in [4.69, 9.17) is 0 Å². The molecule has 0 bridgehead atoms. The summed E-state index contributed by atoms with van der Waals surface area (Å²) < 4.78 is 3.18. The third kappa shape index (κ3) is 18.1. The van der Waals surface area contributed by atoms with Crippen LogP contribution < -0.4 is 0 Å². The minimum atomic E-state index is 0. The molecule has 0 spiro atoms. The Kier molecular flexibility index (Phi) is 41.8. The van der Waals surface area contributed by atoms with E-state index in [-0.39, 0.29) is 91.9 Å². The third-order valence-electron chi connectivity index (χ3n) is 1.10. The van der Waals surface area contributed by atoms with Gasteiger partial charge >= 0.3 is 92.8 Å². The topological polar surface area (TPSA) is 0 Å². The average Bonchev–Trinajstić information content (AvgIpc) is 1.92. The second kappa shape index (κ2) is 19.1. The van der Waals surface area contributed by atoms with Crippen LogP contribution in [0.15, 0.2) is 5.57 Å². The molecule has 14 heavy (non-hydrogen) atoms. The summed E-state index contributed by atoms with van der Waals surface area (Å²) in [6, 6.07) is 0. The first-order valence-corrected chi connectivity index (χ1v) is 6.35. The van der Waals surface area contributed by atoms with Crippen molar-refractivity contribution in [3.8, 4) is 0 Å². The number of hydrogen-bond donors (Lipinski definition) is 0. The predicted octanol–water partition coefficient (Wildman–Crippen LogP) is 1.84. The van der Waals surface area contributed by atoms with Gasteiger partial charge in [0, 0.05) is 86.5 Å². The van der Waals surface area contributed by atoms with E-state index in [1.54, 1.807) is 0 Å². The van der Waals surface area contributed by atoms with Gasteiger partial charge in [0.2, 0.25) is 0 Å². The monoisotopic (exact) mass is 851 g/mol. The summed E-state index contributed by atoms with van der Waals surface area (Å²) in [5.74, 6) is 0. The number of rotatable bonds is 1. The quantitative estimate of drug-likeness (QED) is 0.354. The van der Waals surface area contributed by atoms with Crippen molar-refractivity contribution in [1.82, 2.24) is 0 Å². The molecule has 0 heterocycles. The van der Waals surface area contributed by atoms with Gasteiger partial charge in [0.15, 0.2) is 0 Å². The minimum absolute atomic E-state index is 0. The maximum absolute atomic E-state index is 4.58.